The lowest BCUT2D eigenvalue weighted by Gasteiger charge is -2.10. The lowest BCUT2D eigenvalue weighted by molar-refractivity contribution is 0.304. The van der Waals surface area contributed by atoms with Crippen molar-refractivity contribution in [2.24, 2.45) is 0 Å². The summed E-state index contributed by atoms with van der Waals surface area (Å²) in [6, 6.07) is 13.8. The fraction of sp³-hybridized carbons (Fsp3) is 0.250. The van der Waals surface area contributed by atoms with Gasteiger partial charge in [-0.05, 0) is 83.1 Å². The van der Waals surface area contributed by atoms with Gasteiger partial charge in [0.1, 0.15) is 23.0 Å². The molecule has 158 valence electrons. The van der Waals surface area contributed by atoms with Crippen molar-refractivity contribution < 1.29 is 4.74 Å². The number of nitrogens with one attached hydrogen (secondary N) is 1. The number of halogens is 2. The number of benzene rings is 2. The largest absolute Gasteiger partial charge is 0.488 e. The number of aromatic nitrogens is 2. The average molecular weight is 560 g/mol. The van der Waals surface area contributed by atoms with Crippen molar-refractivity contribution >= 4 is 53.4 Å². The lowest BCUT2D eigenvalue weighted by atomic mass is 10.1. The van der Waals surface area contributed by atoms with Gasteiger partial charge in [0.2, 0.25) is 0 Å². The number of rotatable bonds is 4. The first-order valence-electron chi connectivity index (χ1n) is 10.3. The van der Waals surface area contributed by atoms with Gasteiger partial charge in [-0.2, -0.15) is 0 Å². The summed E-state index contributed by atoms with van der Waals surface area (Å²) in [5, 5.41) is 0.791. The standard InChI is InChI=1S/C24H20Br2N2O2S/c25-16-9-6-14(7-10-16)13-30-19-11-8-15(12-18(19)26)22-27-23(29)21-17-4-2-1-3-5-20(17)31-24(21)28-22/h6-12H,1-5,13H2,(H,27,28,29). The van der Waals surface area contributed by atoms with E-state index in [0.717, 1.165) is 55.3 Å². The average Bonchev–Trinajstić information content (AvgIpc) is 2.96. The number of ether oxygens (including phenoxy) is 1. The Bertz CT molecular complexity index is 1310. The van der Waals surface area contributed by atoms with Crippen LogP contribution in [0.15, 0.2) is 56.2 Å². The highest BCUT2D eigenvalue weighted by Gasteiger charge is 2.19. The van der Waals surface area contributed by atoms with E-state index in [4.69, 9.17) is 9.72 Å². The molecule has 0 fully saturated rings. The monoisotopic (exact) mass is 558 g/mol. The zero-order chi connectivity index (χ0) is 21.4. The van der Waals surface area contributed by atoms with Gasteiger partial charge >= 0.3 is 0 Å². The molecule has 0 bridgehead atoms. The van der Waals surface area contributed by atoms with E-state index in [1.165, 1.54) is 23.3 Å². The summed E-state index contributed by atoms with van der Waals surface area (Å²) in [5.41, 5.74) is 3.13. The number of nitrogens with zero attached hydrogens (tertiary/aromatic N) is 1. The van der Waals surface area contributed by atoms with E-state index in [9.17, 15) is 4.79 Å². The first-order valence-corrected chi connectivity index (χ1v) is 12.7. The number of aromatic amines is 1. The molecule has 4 aromatic rings. The molecule has 7 heteroatoms. The summed E-state index contributed by atoms with van der Waals surface area (Å²) in [6.07, 6.45) is 5.61. The summed E-state index contributed by atoms with van der Waals surface area (Å²) < 4.78 is 7.83. The Kier molecular flexibility index (Phi) is 5.99. The van der Waals surface area contributed by atoms with Crippen molar-refractivity contribution in [3.8, 4) is 17.1 Å². The van der Waals surface area contributed by atoms with Crippen LogP contribution in [0.4, 0.5) is 0 Å². The third kappa shape index (κ3) is 4.36. The summed E-state index contributed by atoms with van der Waals surface area (Å²) in [5.74, 6) is 1.34. The second kappa shape index (κ2) is 8.88. The fourth-order valence-electron chi connectivity index (χ4n) is 3.98. The molecule has 31 heavy (non-hydrogen) atoms. The molecular formula is C24H20Br2N2O2S. The first-order chi connectivity index (χ1) is 15.1. The molecule has 0 amide bonds. The van der Waals surface area contributed by atoms with Crippen LogP contribution in [0.2, 0.25) is 0 Å². The van der Waals surface area contributed by atoms with Crippen molar-refractivity contribution in [1.29, 1.82) is 0 Å². The maximum absolute atomic E-state index is 12.9. The van der Waals surface area contributed by atoms with Crippen molar-refractivity contribution in [1.82, 2.24) is 9.97 Å². The van der Waals surface area contributed by atoms with Crippen LogP contribution < -0.4 is 10.3 Å². The van der Waals surface area contributed by atoms with Gasteiger partial charge < -0.3 is 9.72 Å². The predicted molar refractivity (Wildman–Crippen MR) is 133 cm³/mol. The van der Waals surface area contributed by atoms with E-state index in [2.05, 4.69) is 36.8 Å². The van der Waals surface area contributed by atoms with Gasteiger partial charge in [-0.25, -0.2) is 4.98 Å². The molecule has 4 nitrogen and oxygen atoms in total. The Hall–Kier alpha value is -1.96. The molecule has 0 spiro atoms. The maximum atomic E-state index is 12.9. The zero-order valence-electron chi connectivity index (χ0n) is 16.7. The van der Waals surface area contributed by atoms with Crippen LogP contribution in [0.25, 0.3) is 21.6 Å². The number of hydrogen-bond donors (Lipinski definition) is 1. The maximum Gasteiger partial charge on any atom is 0.260 e. The molecule has 0 atom stereocenters. The van der Waals surface area contributed by atoms with Crippen LogP contribution in [-0.2, 0) is 19.4 Å². The van der Waals surface area contributed by atoms with Crippen molar-refractivity contribution in [2.75, 3.05) is 0 Å². The smallest absolute Gasteiger partial charge is 0.260 e. The van der Waals surface area contributed by atoms with E-state index < -0.39 is 0 Å². The molecule has 2 aromatic carbocycles. The molecule has 1 aliphatic carbocycles. The van der Waals surface area contributed by atoms with Gasteiger partial charge in [0, 0.05) is 14.9 Å². The molecule has 0 saturated carbocycles. The third-order valence-electron chi connectivity index (χ3n) is 5.59. The Morgan fingerprint density at radius 2 is 1.84 bits per heavy atom. The highest BCUT2D eigenvalue weighted by Crippen LogP contribution is 2.35. The summed E-state index contributed by atoms with van der Waals surface area (Å²) in [6.45, 7) is 0.479. The molecule has 2 aromatic heterocycles. The Labute approximate surface area is 201 Å². The quantitative estimate of drug-likeness (QED) is 0.273. The zero-order valence-corrected chi connectivity index (χ0v) is 20.7. The van der Waals surface area contributed by atoms with Crippen LogP contribution in [-0.4, -0.2) is 9.97 Å². The number of aryl methyl sites for hydroxylation is 2. The van der Waals surface area contributed by atoms with E-state index in [-0.39, 0.29) is 5.56 Å². The Balaban J connectivity index is 1.43. The number of thiophene rings is 1. The summed E-state index contributed by atoms with van der Waals surface area (Å²) in [7, 11) is 0. The summed E-state index contributed by atoms with van der Waals surface area (Å²) >= 11 is 8.73. The molecule has 0 unspecified atom stereocenters. The molecular weight excluding hydrogens is 540 g/mol. The molecule has 2 heterocycles. The third-order valence-corrected chi connectivity index (χ3v) is 7.92. The van der Waals surface area contributed by atoms with Crippen molar-refractivity contribution in [3.63, 3.8) is 0 Å². The van der Waals surface area contributed by atoms with Gasteiger partial charge in [-0.3, -0.25) is 4.79 Å². The van der Waals surface area contributed by atoms with Crippen LogP contribution in [0.1, 0.15) is 35.3 Å². The van der Waals surface area contributed by atoms with Crippen LogP contribution in [0.3, 0.4) is 0 Å². The Morgan fingerprint density at radius 3 is 2.65 bits per heavy atom. The molecule has 5 rings (SSSR count). The summed E-state index contributed by atoms with van der Waals surface area (Å²) in [4.78, 5) is 22.9. The van der Waals surface area contributed by atoms with Gasteiger partial charge in [0.05, 0.1) is 9.86 Å². The minimum absolute atomic E-state index is 0.0360. The highest BCUT2D eigenvalue weighted by atomic mass is 79.9. The van der Waals surface area contributed by atoms with Crippen LogP contribution >= 0.6 is 43.2 Å². The van der Waals surface area contributed by atoms with E-state index >= 15 is 0 Å². The van der Waals surface area contributed by atoms with E-state index in [1.54, 1.807) is 11.3 Å². The minimum Gasteiger partial charge on any atom is -0.488 e. The second-order valence-corrected chi connectivity index (χ2v) is 10.6. The van der Waals surface area contributed by atoms with Gasteiger partial charge in [-0.1, -0.05) is 34.5 Å². The fourth-order valence-corrected chi connectivity index (χ4v) is 6.00. The van der Waals surface area contributed by atoms with Crippen LogP contribution in [0, 0.1) is 0 Å². The normalized spacial score (nSPS) is 13.7. The first kappa shape index (κ1) is 20.9. The molecule has 1 aliphatic rings. The topological polar surface area (TPSA) is 55.0 Å². The molecule has 1 N–H and O–H groups in total. The number of fused-ring (bicyclic) bond motifs is 3. The number of H-pyrrole nitrogens is 1. The highest BCUT2D eigenvalue weighted by molar-refractivity contribution is 9.10. The Morgan fingerprint density at radius 1 is 1.03 bits per heavy atom. The molecule has 0 aliphatic heterocycles. The van der Waals surface area contributed by atoms with Crippen molar-refractivity contribution in [3.05, 3.63) is 77.8 Å². The van der Waals surface area contributed by atoms with Crippen molar-refractivity contribution in [2.45, 2.75) is 38.7 Å². The van der Waals surface area contributed by atoms with Gasteiger partial charge in [-0.15, -0.1) is 11.3 Å². The van der Waals surface area contributed by atoms with Gasteiger partial charge in [0.15, 0.2) is 0 Å². The van der Waals surface area contributed by atoms with E-state index in [0.29, 0.717) is 12.4 Å². The van der Waals surface area contributed by atoms with Gasteiger partial charge in [0.25, 0.3) is 5.56 Å². The van der Waals surface area contributed by atoms with Crippen LogP contribution in [0.5, 0.6) is 5.75 Å². The minimum atomic E-state index is -0.0360. The van der Waals surface area contributed by atoms with E-state index in [1.807, 2.05) is 42.5 Å². The number of hydrogen-bond acceptors (Lipinski definition) is 4. The molecule has 0 saturated heterocycles. The second-order valence-electron chi connectivity index (χ2n) is 7.72. The molecule has 0 radical (unpaired) electrons. The predicted octanol–water partition coefficient (Wildman–Crippen LogP) is 7.02. The SMILES string of the molecule is O=c1[nH]c(-c2ccc(OCc3ccc(Br)cc3)c(Br)c2)nc2sc3c(c12)CCCCC3. The lowest BCUT2D eigenvalue weighted by Crippen LogP contribution is -2.10.